The van der Waals surface area contributed by atoms with Gasteiger partial charge in [-0.05, 0) is 36.6 Å². The van der Waals surface area contributed by atoms with Crippen LogP contribution in [0.5, 0.6) is 11.5 Å². The molecule has 27 heavy (non-hydrogen) atoms. The molecular weight excluding hydrogens is 384 g/mol. The Balaban J connectivity index is 1.20. The van der Waals surface area contributed by atoms with Crippen LogP contribution in [0, 0.1) is 0 Å². The summed E-state index contributed by atoms with van der Waals surface area (Å²) in [6.45, 7) is 3.35. The van der Waals surface area contributed by atoms with Crippen molar-refractivity contribution in [2.24, 2.45) is 0 Å². The monoisotopic (exact) mass is 402 g/mol. The van der Waals surface area contributed by atoms with E-state index in [2.05, 4.69) is 32.3 Å². The van der Waals surface area contributed by atoms with E-state index in [0.717, 1.165) is 64.3 Å². The molecule has 0 saturated carbocycles. The number of hydrogen-bond donors (Lipinski definition) is 1. The number of rotatable bonds is 4. The Labute approximate surface area is 166 Å². The fourth-order valence-electron chi connectivity index (χ4n) is 3.67. The van der Waals surface area contributed by atoms with Crippen LogP contribution in [-0.2, 0) is 6.54 Å². The molecule has 6 nitrogen and oxygen atoms in total. The van der Waals surface area contributed by atoms with Crippen LogP contribution in [0.25, 0.3) is 10.2 Å². The lowest BCUT2D eigenvalue weighted by molar-refractivity contribution is 0.173. The Morgan fingerprint density at radius 2 is 2.00 bits per heavy atom. The van der Waals surface area contributed by atoms with Crippen LogP contribution < -0.4 is 14.8 Å². The normalized spacial score (nSPS) is 17.5. The number of likely N-dealkylation sites (tertiary alicyclic amines) is 1. The van der Waals surface area contributed by atoms with Gasteiger partial charge in [-0.25, -0.2) is 9.97 Å². The van der Waals surface area contributed by atoms with Gasteiger partial charge in [-0.3, -0.25) is 4.90 Å². The molecule has 3 aromatic rings. The molecule has 0 spiro atoms. The predicted molar refractivity (Wildman–Crippen MR) is 107 cm³/mol. The lowest BCUT2D eigenvalue weighted by Gasteiger charge is -2.32. The largest absolute Gasteiger partial charge is 0.454 e. The molecule has 0 atom stereocenters. The summed E-state index contributed by atoms with van der Waals surface area (Å²) in [5, 5.41) is 4.60. The second kappa shape index (κ2) is 7.14. The summed E-state index contributed by atoms with van der Waals surface area (Å²) in [5.74, 6) is 2.58. The Bertz CT molecular complexity index is 971. The van der Waals surface area contributed by atoms with Crippen molar-refractivity contribution in [3.05, 3.63) is 40.5 Å². The third-order valence-corrected chi connectivity index (χ3v) is 6.24. The molecule has 1 aromatic carbocycles. The molecule has 0 aliphatic carbocycles. The highest BCUT2D eigenvalue weighted by Crippen LogP contribution is 2.34. The van der Waals surface area contributed by atoms with Crippen molar-refractivity contribution in [1.82, 2.24) is 14.9 Å². The fourth-order valence-corrected chi connectivity index (χ4v) is 4.72. The number of benzene rings is 1. The molecule has 1 saturated heterocycles. The third kappa shape index (κ3) is 3.54. The molecule has 8 heteroatoms. The number of anilines is 1. The molecule has 5 rings (SSSR count). The van der Waals surface area contributed by atoms with Crippen molar-refractivity contribution in [3.63, 3.8) is 0 Å². The molecule has 0 unspecified atom stereocenters. The van der Waals surface area contributed by atoms with E-state index >= 15 is 0 Å². The minimum Gasteiger partial charge on any atom is -0.454 e. The first-order chi connectivity index (χ1) is 13.2. The maximum Gasteiger partial charge on any atom is 0.231 e. The summed E-state index contributed by atoms with van der Waals surface area (Å²) >= 11 is 7.61. The van der Waals surface area contributed by atoms with Gasteiger partial charge in [-0.1, -0.05) is 17.7 Å². The summed E-state index contributed by atoms with van der Waals surface area (Å²) in [5.41, 5.74) is 1.26. The van der Waals surface area contributed by atoms with Crippen molar-refractivity contribution in [2.75, 3.05) is 25.2 Å². The average molecular weight is 403 g/mol. The molecule has 0 bridgehead atoms. The van der Waals surface area contributed by atoms with Gasteiger partial charge in [0.15, 0.2) is 11.5 Å². The number of ether oxygens (including phenoxy) is 2. The van der Waals surface area contributed by atoms with Gasteiger partial charge < -0.3 is 14.8 Å². The van der Waals surface area contributed by atoms with Gasteiger partial charge in [0.25, 0.3) is 0 Å². The minimum absolute atomic E-state index is 0.321. The molecule has 140 valence electrons. The summed E-state index contributed by atoms with van der Waals surface area (Å²) in [4.78, 5) is 12.1. The number of thiophene rings is 1. The van der Waals surface area contributed by atoms with E-state index in [0.29, 0.717) is 12.8 Å². The second-order valence-electron chi connectivity index (χ2n) is 6.87. The summed E-state index contributed by atoms with van der Waals surface area (Å²) in [6, 6.07) is 8.56. The maximum absolute atomic E-state index is 6.13. The Morgan fingerprint density at radius 3 is 2.89 bits per heavy atom. The molecule has 1 fully saturated rings. The molecular formula is C19H19ClN4O2S. The van der Waals surface area contributed by atoms with E-state index in [4.69, 9.17) is 21.1 Å². The number of halogens is 1. The van der Waals surface area contributed by atoms with Crippen molar-refractivity contribution in [3.8, 4) is 11.5 Å². The van der Waals surface area contributed by atoms with Gasteiger partial charge in [0.2, 0.25) is 6.79 Å². The van der Waals surface area contributed by atoms with Gasteiger partial charge in [0.1, 0.15) is 17.0 Å². The van der Waals surface area contributed by atoms with Crippen molar-refractivity contribution in [1.29, 1.82) is 0 Å². The zero-order valence-electron chi connectivity index (χ0n) is 14.7. The van der Waals surface area contributed by atoms with Crippen LogP contribution in [-0.4, -0.2) is 40.8 Å². The van der Waals surface area contributed by atoms with Gasteiger partial charge >= 0.3 is 0 Å². The van der Waals surface area contributed by atoms with Gasteiger partial charge in [-0.2, -0.15) is 0 Å². The van der Waals surface area contributed by atoms with Crippen LogP contribution in [0.3, 0.4) is 0 Å². The highest BCUT2D eigenvalue weighted by atomic mass is 35.5. The van der Waals surface area contributed by atoms with Crippen LogP contribution >= 0.6 is 22.9 Å². The topological polar surface area (TPSA) is 59.5 Å². The predicted octanol–water partition coefficient (Wildman–Crippen LogP) is 4.15. The smallest absolute Gasteiger partial charge is 0.231 e. The van der Waals surface area contributed by atoms with Crippen molar-refractivity contribution >= 4 is 39.0 Å². The van der Waals surface area contributed by atoms with E-state index in [-0.39, 0.29) is 0 Å². The highest BCUT2D eigenvalue weighted by Gasteiger charge is 2.21. The minimum atomic E-state index is 0.321. The Kier molecular flexibility index (Phi) is 4.51. The number of aromatic nitrogens is 2. The van der Waals surface area contributed by atoms with E-state index in [1.807, 2.05) is 12.1 Å². The quantitative estimate of drug-likeness (QED) is 0.707. The third-order valence-electron chi connectivity index (χ3n) is 5.07. The SMILES string of the molecule is Clc1cc2c(NC3CCN(Cc4ccc5c(c4)OCO5)CC3)ncnc2s1. The number of hydrogen-bond acceptors (Lipinski definition) is 7. The van der Waals surface area contributed by atoms with Crippen LogP contribution in [0.4, 0.5) is 5.82 Å². The zero-order chi connectivity index (χ0) is 18.2. The first-order valence-corrected chi connectivity index (χ1v) is 10.2. The van der Waals surface area contributed by atoms with Crippen LogP contribution in [0.1, 0.15) is 18.4 Å². The summed E-state index contributed by atoms with van der Waals surface area (Å²) < 4.78 is 11.6. The van der Waals surface area contributed by atoms with Crippen molar-refractivity contribution in [2.45, 2.75) is 25.4 Å². The number of nitrogens with one attached hydrogen (secondary N) is 1. The summed E-state index contributed by atoms with van der Waals surface area (Å²) in [7, 11) is 0. The van der Waals surface area contributed by atoms with Gasteiger partial charge in [0, 0.05) is 25.7 Å². The lowest BCUT2D eigenvalue weighted by Crippen LogP contribution is -2.38. The molecule has 2 aliphatic heterocycles. The first kappa shape index (κ1) is 17.0. The van der Waals surface area contributed by atoms with Crippen LogP contribution in [0.2, 0.25) is 4.34 Å². The Hall–Kier alpha value is -2.09. The molecule has 1 N–H and O–H groups in total. The summed E-state index contributed by atoms with van der Waals surface area (Å²) in [6.07, 6.45) is 3.76. The molecule has 0 radical (unpaired) electrons. The second-order valence-corrected chi connectivity index (χ2v) is 8.54. The molecule has 0 amide bonds. The average Bonchev–Trinajstić information content (AvgIpc) is 3.29. The van der Waals surface area contributed by atoms with Crippen LogP contribution in [0.15, 0.2) is 30.6 Å². The van der Waals surface area contributed by atoms with E-state index < -0.39 is 0 Å². The molecule has 2 aliphatic rings. The van der Waals surface area contributed by atoms with Gasteiger partial charge in [-0.15, -0.1) is 11.3 Å². The number of fused-ring (bicyclic) bond motifs is 2. The number of piperidine rings is 1. The fraction of sp³-hybridized carbons (Fsp3) is 0.368. The first-order valence-electron chi connectivity index (χ1n) is 9.02. The van der Waals surface area contributed by atoms with E-state index in [1.54, 1.807) is 6.33 Å². The van der Waals surface area contributed by atoms with E-state index in [1.165, 1.54) is 16.9 Å². The lowest BCUT2D eigenvalue weighted by atomic mass is 10.0. The van der Waals surface area contributed by atoms with E-state index in [9.17, 15) is 0 Å². The Morgan fingerprint density at radius 1 is 1.15 bits per heavy atom. The number of nitrogens with zero attached hydrogens (tertiary/aromatic N) is 3. The standard InChI is InChI=1S/C19H19ClN4O2S/c20-17-8-14-18(21-10-22-19(14)27-17)23-13-3-5-24(6-4-13)9-12-1-2-15-16(7-12)26-11-25-15/h1-2,7-8,10,13H,3-6,9,11H2,(H,21,22,23). The highest BCUT2D eigenvalue weighted by molar-refractivity contribution is 7.22. The zero-order valence-corrected chi connectivity index (χ0v) is 16.2. The molecule has 2 aromatic heterocycles. The molecule has 4 heterocycles. The van der Waals surface area contributed by atoms with Gasteiger partial charge in [0.05, 0.1) is 9.72 Å². The van der Waals surface area contributed by atoms with Crippen molar-refractivity contribution < 1.29 is 9.47 Å². The maximum atomic E-state index is 6.13.